The van der Waals surface area contributed by atoms with Crippen LogP contribution in [0.1, 0.15) is 39.0 Å². The zero-order valence-electron chi connectivity index (χ0n) is 15.8. The molecule has 8 nitrogen and oxygen atoms in total. The van der Waals surface area contributed by atoms with Crippen LogP contribution in [0.25, 0.3) is 0 Å². The number of nitrogens with one attached hydrogen (secondary N) is 3. The number of urea groups is 1. The van der Waals surface area contributed by atoms with Crippen LogP contribution in [-0.4, -0.2) is 45.7 Å². The summed E-state index contributed by atoms with van der Waals surface area (Å²) in [4.78, 5) is 23.2. The fourth-order valence-corrected chi connectivity index (χ4v) is 4.10. The van der Waals surface area contributed by atoms with Crippen molar-refractivity contribution in [3.05, 3.63) is 24.3 Å². The summed E-state index contributed by atoms with van der Waals surface area (Å²) in [6, 6.07) is 6.50. The summed E-state index contributed by atoms with van der Waals surface area (Å²) in [5.41, 5.74) is 0.940. The molecule has 1 saturated carbocycles. The summed E-state index contributed by atoms with van der Waals surface area (Å²) in [5.74, 6) is -0.237. The Labute approximate surface area is 160 Å². The monoisotopic (exact) mass is 396 g/mol. The van der Waals surface area contributed by atoms with Gasteiger partial charge in [0.1, 0.15) is 0 Å². The van der Waals surface area contributed by atoms with E-state index in [2.05, 4.69) is 16.0 Å². The van der Waals surface area contributed by atoms with Crippen molar-refractivity contribution in [2.75, 3.05) is 29.0 Å². The number of benzene rings is 1. The highest BCUT2D eigenvalue weighted by molar-refractivity contribution is 7.92. The highest BCUT2D eigenvalue weighted by Crippen LogP contribution is 2.21. The molecular weight excluding hydrogens is 368 g/mol. The van der Waals surface area contributed by atoms with Crippen LogP contribution in [0, 0.1) is 0 Å². The van der Waals surface area contributed by atoms with Gasteiger partial charge in [-0.3, -0.25) is 9.10 Å². The predicted octanol–water partition coefficient (Wildman–Crippen LogP) is 2.04. The number of rotatable bonds is 7. The van der Waals surface area contributed by atoms with E-state index in [-0.39, 0.29) is 31.1 Å². The first-order valence-corrected chi connectivity index (χ1v) is 11.0. The van der Waals surface area contributed by atoms with E-state index in [0.29, 0.717) is 11.4 Å². The SMILES string of the molecule is CC(=O)Nc1cccc(N(CCNC(=O)NC2CCCCC2)S(C)(=O)=O)c1. The molecule has 0 aliphatic heterocycles. The average Bonchev–Trinajstić information content (AvgIpc) is 2.58. The molecule has 9 heteroatoms. The maximum atomic E-state index is 12.2. The average molecular weight is 397 g/mol. The first-order valence-electron chi connectivity index (χ1n) is 9.15. The van der Waals surface area contributed by atoms with E-state index in [1.807, 2.05) is 0 Å². The van der Waals surface area contributed by atoms with Gasteiger partial charge in [-0.15, -0.1) is 0 Å². The first kappa shape index (κ1) is 21.0. The molecule has 27 heavy (non-hydrogen) atoms. The molecule has 1 fully saturated rings. The number of nitrogens with zero attached hydrogens (tertiary/aromatic N) is 1. The Balaban J connectivity index is 1.95. The van der Waals surface area contributed by atoms with E-state index >= 15 is 0 Å². The van der Waals surface area contributed by atoms with Crippen molar-refractivity contribution >= 4 is 33.3 Å². The van der Waals surface area contributed by atoms with Gasteiger partial charge >= 0.3 is 6.03 Å². The van der Waals surface area contributed by atoms with E-state index in [0.717, 1.165) is 31.9 Å². The van der Waals surface area contributed by atoms with Crippen LogP contribution in [0.2, 0.25) is 0 Å². The van der Waals surface area contributed by atoms with Gasteiger partial charge in [0.15, 0.2) is 0 Å². The second-order valence-electron chi connectivity index (χ2n) is 6.80. The molecule has 1 aromatic carbocycles. The van der Waals surface area contributed by atoms with Gasteiger partial charge in [-0.1, -0.05) is 25.3 Å². The van der Waals surface area contributed by atoms with Crippen molar-refractivity contribution < 1.29 is 18.0 Å². The fourth-order valence-electron chi connectivity index (χ4n) is 3.18. The minimum absolute atomic E-state index is 0.0977. The fraction of sp³-hybridized carbons (Fsp3) is 0.556. The van der Waals surface area contributed by atoms with Crippen LogP contribution in [0.15, 0.2) is 24.3 Å². The molecule has 0 aromatic heterocycles. The predicted molar refractivity (Wildman–Crippen MR) is 106 cm³/mol. The van der Waals surface area contributed by atoms with Gasteiger partial charge in [0.25, 0.3) is 0 Å². The molecule has 1 aromatic rings. The van der Waals surface area contributed by atoms with Crippen molar-refractivity contribution in [3.8, 4) is 0 Å². The number of hydrogen-bond donors (Lipinski definition) is 3. The van der Waals surface area contributed by atoms with Crippen LogP contribution < -0.4 is 20.3 Å². The Morgan fingerprint density at radius 3 is 2.52 bits per heavy atom. The summed E-state index contributed by atoms with van der Waals surface area (Å²) >= 11 is 0. The molecule has 0 atom stereocenters. The van der Waals surface area contributed by atoms with Crippen molar-refractivity contribution in [2.24, 2.45) is 0 Å². The lowest BCUT2D eigenvalue weighted by atomic mass is 9.96. The number of amides is 3. The van der Waals surface area contributed by atoms with Gasteiger partial charge in [0.05, 0.1) is 18.5 Å². The topological polar surface area (TPSA) is 108 Å². The molecule has 0 bridgehead atoms. The molecule has 1 aliphatic carbocycles. The third kappa shape index (κ3) is 7.09. The van der Waals surface area contributed by atoms with Gasteiger partial charge in [0, 0.05) is 25.2 Å². The number of carbonyl (C=O) groups excluding carboxylic acids is 2. The highest BCUT2D eigenvalue weighted by Gasteiger charge is 2.19. The maximum Gasteiger partial charge on any atom is 0.315 e. The smallest absolute Gasteiger partial charge is 0.315 e. The molecule has 0 radical (unpaired) electrons. The lowest BCUT2D eigenvalue weighted by molar-refractivity contribution is -0.114. The first-order chi connectivity index (χ1) is 12.8. The molecule has 0 saturated heterocycles. The van der Waals surface area contributed by atoms with Gasteiger partial charge in [0.2, 0.25) is 15.9 Å². The quantitative estimate of drug-likeness (QED) is 0.655. The summed E-state index contributed by atoms with van der Waals surface area (Å²) in [5, 5.41) is 8.29. The summed E-state index contributed by atoms with van der Waals surface area (Å²) < 4.78 is 25.5. The van der Waals surface area contributed by atoms with Crippen LogP contribution in [0.3, 0.4) is 0 Å². The van der Waals surface area contributed by atoms with E-state index < -0.39 is 10.0 Å². The Hall–Kier alpha value is -2.29. The van der Waals surface area contributed by atoms with E-state index in [1.54, 1.807) is 24.3 Å². The molecule has 0 spiro atoms. The molecule has 0 heterocycles. The van der Waals surface area contributed by atoms with E-state index in [4.69, 9.17) is 0 Å². The van der Waals surface area contributed by atoms with Crippen LogP contribution >= 0.6 is 0 Å². The van der Waals surface area contributed by atoms with Crippen molar-refractivity contribution in [3.63, 3.8) is 0 Å². The van der Waals surface area contributed by atoms with E-state index in [9.17, 15) is 18.0 Å². The third-order valence-corrected chi connectivity index (χ3v) is 5.59. The van der Waals surface area contributed by atoms with Crippen molar-refractivity contribution in [1.82, 2.24) is 10.6 Å². The number of anilines is 2. The molecule has 1 aliphatic rings. The molecule has 3 amide bonds. The minimum Gasteiger partial charge on any atom is -0.336 e. The normalized spacial score (nSPS) is 15.0. The summed E-state index contributed by atoms with van der Waals surface area (Å²) in [6.45, 7) is 1.66. The highest BCUT2D eigenvalue weighted by atomic mass is 32.2. The van der Waals surface area contributed by atoms with Gasteiger partial charge < -0.3 is 16.0 Å². The largest absolute Gasteiger partial charge is 0.336 e. The Morgan fingerprint density at radius 1 is 1.19 bits per heavy atom. The Morgan fingerprint density at radius 2 is 1.89 bits per heavy atom. The standard InChI is InChI=1S/C18H28N4O4S/c1-14(23)20-16-9-6-10-17(13-16)22(27(2,25)26)12-11-19-18(24)21-15-7-4-3-5-8-15/h6,9-10,13,15H,3-5,7-8,11-12H2,1-2H3,(H,20,23)(H2,19,21,24). The van der Waals surface area contributed by atoms with Gasteiger partial charge in [-0.05, 0) is 31.0 Å². The molecule has 0 unspecified atom stereocenters. The maximum absolute atomic E-state index is 12.2. The Kier molecular flexibility index (Phi) is 7.46. The van der Waals surface area contributed by atoms with E-state index in [1.165, 1.54) is 17.6 Å². The second-order valence-corrected chi connectivity index (χ2v) is 8.71. The van der Waals surface area contributed by atoms with Crippen LogP contribution in [0.5, 0.6) is 0 Å². The van der Waals surface area contributed by atoms with Gasteiger partial charge in [-0.25, -0.2) is 13.2 Å². The number of carbonyl (C=O) groups is 2. The second kappa shape index (κ2) is 9.59. The van der Waals surface area contributed by atoms with Crippen molar-refractivity contribution in [2.45, 2.75) is 45.1 Å². The van der Waals surface area contributed by atoms with Crippen molar-refractivity contribution in [1.29, 1.82) is 0 Å². The number of sulfonamides is 1. The zero-order valence-corrected chi connectivity index (χ0v) is 16.6. The molecule has 3 N–H and O–H groups in total. The third-order valence-electron chi connectivity index (χ3n) is 4.40. The van der Waals surface area contributed by atoms with Crippen LogP contribution in [0.4, 0.5) is 16.2 Å². The lowest BCUT2D eigenvalue weighted by Gasteiger charge is -2.25. The lowest BCUT2D eigenvalue weighted by Crippen LogP contribution is -2.45. The zero-order chi connectivity index (χ0) is 19.9. The minimum atomic E-state index is -3.54. The van der Waals surface area contributed by atoms with Gasteiger partial charge in [-0.2, -0.15) is 0 Å². The molecule has 150 valence electrons. The summed E-state index contributed by atoms with van der Waals surface area (Å²) in [6.07, 6.45) is 6.54. The Bertz CT molecular complexity index is 760. The number of hydrogen-bond acceptors (Lipinski definition) is 4. The molecule has 2 rings (SSSR count). The summed E-state index contributed by atoms with van der Waals surface area (Å²) in [7, 11) is -3.54. The van der Waals surface area contributed by atoms with Crippen LogP contribution in [-0.2, 0) is 14.8 Å². The molecular formula is C18H28N4O4S.